The first kappa shape index (κ1) is 7.63. The molecule has 1 nitrogen and oxygen atoms in total. The third-order valence-corrected chi connectivity index (χ3v) is 0.844. The molecule has 0 aromatic carbocycles. The van der Waals surface area contributed by atoms with Gasteiger partial charge in [-0.25, -0.2) is 0 Å². The van der Waals surface area contributed by atoms with E-state index < -0.39 is 0 Å². The Bertz CT molecular complexity index is 112. The number of hydrogen-bond acceptors (Lipinski definition) is 1. The fourth-order valence-corrected chi connectivity index (χ4v) is 0.371. The van der Waals surface area contributed by atoms with Gasteiger partial charge >= 0.3 is 0 Å². The van der Waals surface area contributed by atoms with E-state index in [9.17, 15) is 4.79 Å². The third kappa shape index (κ3) is 5.63. The summed E-state index contributed by atoms with van der Waals surface area (Å²) in [4.78, 5) is 10.1. The van der Waals surface area contributed by atoms with Crippen LogP contribution >= 0.6 is 12.6 Å². The van der Waals surface area contributed by atoms with Crippen LogP contribution in [0.2, 0.25) is 0 Å². The molecule has 0 bridgehead atoms. The molecule has 0 saturated carbocycles. The van der Waals surface area contributed by atoms with Crippen molar-refractivity contribution in [3.05, 3.63) is 11.6 Å². The van der Waals surface area contributed by atoms with Crippen LogP contribution in [-0.4, -0.2) is 5.12 Å². The zero-order valence-electron chi connectivity index (χ0n) is 5.10. The molecule has 0 amide bonds. The molecule has 0 aromatic rings. The standard InChI is InChI=1S/C6H9OS/c1-5(2)3-4-6(7)8/h3H,4H2,1-2H3. The van der Waals surface area contributed by atoms with Crippen molar-refractivity contribution in [2.75, 3.05) is 0 Å². The highest BCUT2D eigenvalue weighted by atomic mass is 32.1. The van der Waals surface area contributed by atoms with Gasteiger partial charge in [0.2, 0.25) is 5.12 Å². The maximum Gasteiger partial charge on any atom is 0.222 e. The Balaban J connectivity index is 3.45. The fourth-order valence-electron chi connectivity index (χ4n) is 0.287. The molecule has 0 atom stereocenters. The second kappa shape index (κ2) is 3.61. The molecule has 0 rings (SSSR count). The second-order valence-corrected chi connectivity index (χ2v) is 2.31. The number of carbonyl (C=O) groups excluding carboxylic acids is 1. The summed E-state index contributed by atoms with van der Waals surface area (Å²) in [6.07, 6.45) is 2.23. The lowest BCUT2D eigenvalue weighted by atomic mass is 10.3. The number of hydrogen-bond donors (Lipinski definition) is 0. The minimum Gasteiger partial charge on any atom is -0.282 e. The van der Waals surface area contributed by atoms with Crippen LogP contribution in [0.5, 0.6) is 0 Å². The third-order valence-electron chi connectivity index (χ3n) is 0.677. The highest BCUT2D eigenvalue weighted by Crippen LogP contribution is 1.94. The summed E-state index contributed by atoms with van der Waals surface area (Å²) in [7, 11) is 0. The highest BCUT2D eigenvalue weighted by molar-refractivity contribution is 7.96. The van der Waals surface area contributed by atoms with E-state index in [0.29, 0.717) is 6.42 Å². The minimum atomic E-state index is -0.189. The fraction of sp³-hybridized carbons (Fsp3) is 0.500. The average molecular weight is 129 g/mol. The average Bonchev–Trinajstić information content (AvgIpc) is 1.61. The van der Waals surface area contributed by atoms with Gasteiger partial charge < -0.3 is 0 Å². The quantitative estimate of drug-likeness (QED) is 0.521. The van der Waals surface area contributed by atoms with Crippen LogP contribution in [0.25, 0.3) is 0 Å². The lowest BCUT2D eigenvalue weighted by molar-refractivity contribution is -0.110. The normalized spacial score (nSPS) is 8.25. The molecule has 0 heterocycles. The summed E-state index contributed by atoms with van der Waals surface area (Å²) < 4.78 is 0. The maximum absolute atomic E-state index is 10.1. The molecule has 8 heavy (non-hydrogen) atoms. The van der Waals surface area contributed by atoms with Gasteiger partial charge in [-0.2, -0.15) is 0 Å². The lowest BCUT2D eigenvalue weighted by Gasteiger charge is -1.83. The number of allylic oxidation sites excluding steroid dienone is 2. The lowest BCUT2D eigenvalue weighted by Crippen LogP contribution is -1.80. The van der Waals surface area contributed by atoms with Crippen molar-refractivity contribution in [1.82, 2.24) is 0 Å². The molecule has 0 fully saturated rings. The molecule has 0 N–H and O–H groups in total. The van der Waals surface area contributed by atoms with E-state index in [0.717, 1.165) is 5.57 Å². The molecule has 0 saturated heterocycles. The van der Waals surface area contributed by atoms with Crippen molar-refractivity contribution in [2.45, 2.75) is 20.3 Å². The topological polar surface area (TPSA) is 17.1 Å². The molecule has 0 aliphatic carbocycles. The van der Waals surface area contributed by atoms with E-state index in [4.69, 9.17) is 0 Å². The van der Waals surface area contributed by atoms with Crippen molar-refractivity contribution >= 4 is 17.7 Å². The van der Waals surface area contributed by atoms with Gasteiger partial charge in [-0.1, -0.05) is 11.6 Å². The first-order valence-corrected chi connectivity index (χ1v) is 2.87. The molecular formula is C6H9OS. The summed E-state index contributed by atoms with van der Waals surface area (Å²) in [6, 6.07) is 0. The van der Waals surface area contributed by atoms with E-state index in [-0.39, 0.29) is 5.12 Å². The van der Waals surface area contributed by atoms with Crippen LogP contribution in [0, 0.1) is 0 Å². The van der Waals surface area contributed by atoms with E-state index >= 15 is 0 Å². The number of rotatable bonds is 2. The second-order valence-electron chi connectivity index (χ2n) is 1.86. The smallest absolute Gasteiger partial charge is 0.222 e. The van der Waals surface area contributed by atoms with Gasteiger partial charge in [0.25, 0.3) is 0 Å². The molecule has 1 radical (unpaired) electrons. The van der Waals surface area contributed by atoms with E-state index in [1.165, 1.54) is 0 Å². The van der Waals surface area contributed by atoms with Crippen molar-refractivity contribution in [1.29, 1.82) is 0 Å². The van der Waals surface area contributed by atoms with Gasteiger partial charge in [0.15, 0.2) is 0 Å². The Morgan fingerprint density at radius 3 is 2.25 bits per heavy atom. The predicted molar refractivity (Wildman–Crippen MR) is 36.6 cm³/mol. The van der Waals surface area contributed by atoms with Crippen molar-refractivity contribution in [3.63, 3.8) is 0 Å². The van der Waals surface area contributed by atoms with E-state index in [1.807, 2.05) is 19.9 Å². The van der Waals surface area contributed by atoms with Gasteiger partial charge in [-0.3, -0.25) is 4.79 Å². The zero-order valence-corrected chi connectivity index (χ0v) is 5.92. The largest absolute Gasteiger partial charge is 0.282 e. The molecule has 0 aliphatic rings. The van der Waals surface area contributed by atoms with Crippen molar-refractivity contribution in [3.8, 4) is 0 Å². The Labute approximate surface area is 55.2 Å². The molecule has 45 valence electrons. The summed E-state index contributed by atoms with van der Waals surface area (Å²) in [5, 5.41) is -0.189. The summed E-state index contributed by atoms with van der Waals surface area (Å²) in [5.74, 6) is 0. The zero-order chi connectivity index (χ0) is 6.57. The van der Waals surface area contributed by atoms with Crippen LogP contribution in [0.4, 0.5) is 0 Å². The molecule has 0 aliphatic heterocycles. The van der Waals surface area contributed by atoms with Crippen LogP contribution in [0.1, 0.15) is 20.3 Å². The van der Waals surface area contributed by atoms with Gasteiger partial charge in [-0.05, 0) is 26.5 Å². The molecule has 0 spiro atoms. The Hall–Kier alpha value is -0.370. The van der Waals surface area contributed by atoms with Crippen LogP contribution in [-0.2, 0) is 4.79 Å². The Morgan fingerprint density at radius 1 is 1.62 bits per heavy atom. The molecular weight excluding hydrogens is 120 g/mol. The van der Waals surface area contributed by atoms with Crippen LogP contribution in [0.15, 0.2) is 11.6 Å². The predicted octanol–water partition coefficient (Wildman–Crippen LogP) is 2.07. The van der Waals surface area contributed by atoms with Crippen LogP contribution < -0.4 is 0 Å². The van der Waals surface area contributed by atoms with Crippen LogP contribution in [0.3, 0.4) is 0 Å². The first-order valence-electron chi connectivity index (χ1n) is 2.46. The van der Waals surface area contributed by atoms with Crippen molar-refractivity contribution in [2.24, 2.45) is 0 Å². The van der Waals surface area contributed by atoms with E-state index in [1.54, 1.807) is 0 Å². The van der Waals surface area contributed by atoms with Gasteiger partial charge in [0.05, 0.1) is 0 Å². The highest BCUT2D eigenvalue weighted by Gasteiger charge is 1.88. The van der Waals surface area contributed by atoms with Gasteiger partial charge in [0, 0.05) is 6.42 Å². The minimum absolute atomic E-state index is 0.189. The number of carbonyl (C=O) groups is 1. The Kier molecular flexibility index (Phi) is 3.44. The summed E-state index contributed by atoms with van der Waals surface area (Å²) in [6.45, 7) is 3.89. The van der Waals surface area contributed by atoms with Gasteiger partial charge in [-0.15, -0.1) is 0 Å². The first-order chi connectivity index (χ1) is 3.63. The van der Waals surface area contributed by atoms with E-state index in [2.05, 4.69) is 12.6 Å². The summed E-state index contributed by atoms with van der Waals surface area (Å²) >= 11 is 4.31. The molecule has 2 heteroatoms. The Morgan fingerprint density at radius 2 is 2.12 bits per heavy atom. The summed E-state index contributed by atoms with van der Waals surface area (Å²) in [5.41, 5.74) is 1.14. The molecule has 0 unspecified atom stereocenters. The van der Waals surface area contributed by atoms with Crippen molar-refractivity contribution < 1.29 is 4.79 Å². The monoisotopic (exact) mass is 129 g/mol. The molecule has 0 aromatic heterocycles. The maximum atomic E-state index is 10.1. The van der Waals surface area contributed by atoms with Gasteiger partial charge in [0.1, 0.15) is 0 Å². The SMILES string of the molecule is CC(C)=CCC(=O)[S].